The lowest BCUT2D eigenvalue weighted by atomic mass is 10.2. The molecule has 26 heavy (non-hydrogen) atoms. The molecule has 1 heterocycles. The molecule has 0 saturated carbocycles. The fraction of sp³-hybridized carbons (Fsp3) is 0.111. The summed E-state index contributed by atoms with van der Waals surface area (Å²) in [5.41, 5.74) is 2.96. The quantitative estimate of drug-likeness (QED) is 0.642. The van der Waals surface area contributed by atoms with Crippen molar-refractivity contribution in [3.05, 3.63) is 71.4 Å². The molecule has 0 spiro atoms. The monoisotopic (exact) mass is 370 g/mol. The summed E-state index contributed by atoms with van der Waals surface area (Å²) in [6.45, 7) is 3.84. The number of nitrogens with one attached hydrogen (secondary N) is 3. The van der Waals surface area contributed by atoms with Gasteiger partial charge in [-0.1, -0.05) is 35.4 Å². The van der Waals surface area contributed by atoms with E-state index in [0.29, 0.717) is 11.4 Å². The van der Waals surface area contributed by atoms with Crippen LogP contribution in [0.1, 0.15) is 21.5 Å². The molecule has 3 aromatic rings. The summed E-state index contributed by atoms with van der Waals surface area (Å²) < 4.78 is 27.7. The molecule has 3 N–H and O–H groups in total. The predicted octanol–water partition coefficient (Wildman–Crippen LogP) is 3.08. The standard InChI is InChI=1S/C18H18N4O3S/c1-12-3-7-14(8-4-12)20-17(23)16-11-19-21-18(16)26(24,25)22-15-9-5-13(2)6-10-15/h3-11,22H,1-2H3,(H,19,21)(H,20,23). The highest BCUT2D eigenvalue weighted by molar-refractivity contribution is 7.92. The third kappa shape index (κ3) is 3.92. The molecule has 2 aromatic carbocycles. The molecule has 1 aromatic heterocycles. The Balaban J connectivity index is 1.83. The van der Waals surface area contributed by atoms with E-state index in [2.05, 4.69) is 20.2 Å². The molecule has 0 fully saturated rings. The van der Waals surface area contributed by atoms with Gasteiger partial charge in [0.15, 0.2) is 5.03 Å². The molecule has 8 heteroatoms. The first kappa shape index (κ1) is 17.7. The zero-order valence-electron chi connectivity index (χ0n) is 14.3. The fourth-order valence-corrected chi connectivity index (χ4v) is 3.46. The number of aromatic nitrogens is 2. The number of H-pyrrole nitrogens is 1. The summed E-state index contributed by atoms with van der Waals surface area (Å²) in [4.78, 5) is 12.5. The van der Waals surface area contributed by atoms with Crippen molar-refractivity contribution in [1.82, 2.24) is 10.2 Å². The van der Waals surface area contributed by atoms with Crippen molar-refractivity contribution < 1.29 is 13.2 Å². The van der Waals surface area contributed by atoms with E-state index in [4.69, 9.17) is 0 Å². The average Bonchev–Trinajstić information content (AvgIpc) is 3.10. The second kappa shape index (κ2) is 7.01. The van der Waals surface area contributed by atoms with Crippen molar-refractivity contribution in [1.29, 1.82) is 0 Å². The number of benzene rings is 2. The minimum absolute atomic E-state index is 0.0646. The average molecular weight is 370 g/mol. The fourth-order valence-electron chi connectivity index (χ4n) is 2.30. The van der Waals surface area contributed by atoms with E-state index in [1.54, 1.807) is 36.4 Å². The van der Waals surface area contributed by atoms with Crippen molar-refractivity contribution in [3.63, 3.8) is 0 Å². The van der Waals surface area contributed by atoms with Crippen LogP contribution in [0.5, 0.6) is 0 Å². The molecule has 7 nitrogen and oxygen atoms in total. The van der Waals surface area contributed by atoms with Crippen LogP contribution in [0.4, 0.5) is 11.4 Å². The van der Waals surface area contributed by atoms with Crippen LogP contribution in [0.25, 0.3) is 0 Å². The summed E-state index contributed by atoms with van der Waals surface area (Å²) in [5, 5.41) is 8.48. The SMILES string of the molecule is Cc1ccc(NC(=O)c2cn[nH]c2S(=O)(=O)Nc2ccc(C)cc2)cc1. The molecule has 0 aliphatic rings. The number of aryl methyl sites for hydroxylation is 2. The smallest absolute Gasteiger partial charge is 0.279 e. The van der Waals surface area contributed by atoms with Crippen molar-refractivity contribution in [2.45, 2.75) is 18.9 Å². The molecule has 0 unspecified atom stereocenters. The zero-order chi connectivity index (χ0) is 18.7. The molecule has 1 amide bonds. The van der Waals surface area contributed by atoms with Gasteiger partial charge in [-0.2, -0.15) is 13.5 Å². The highest BCUT2D eigenvalue weighted by Gasteiger charge is 2.25. The third-order valence-electron chi connectivity index (χ3n) is 3.73. The van der Waals surface area contributed by atoms with E-state index in [1.807, 2.05) is 26.0 Å². The molecule has 0 radical (unpaired) electrons. The molecule has 3 rings (SSSR count). The van der Waals surface area contributed by atoms with Crippen LogP contribution in [0.15, 0.2) is 59.8 Å². The van der Waals surface area contributed by atoms with Gasteiger partial charge in [-0.15, -0.1) is 0 Å². The maximum Gasteiger partial charge on any atom is 0.279 e. The Morgan fingerprint density at radius 3 is 2.04 bits per heavy atom. The van der Waals surface area contributed by atoms with Crippen molar-refractivity contribution in [2.75, 3.05) is 10.0 Å². The normalized spacial score (nSPS) is 11.2. The van der Waals surface area contributed by atoms with Gasteiger partial charge in [-0.3, -0.25) is 14.6 Å². The number of carbonyl (C=O) groups excluding carboxylic acids is 1. The van der Waals surface area contributed by atoms with Crippen LogP contribution in [0, 0.1) is 13.8 Å². The first-order chi connectivity index (χ1) is 12.3. The molecule has 0 bridgehead atoms. The van der Waals surface area contributed by atoms with E-state index in [1.165, 1.54) is 6.20 Å². The molecular weight excluding hydrogens is 352 g/mol. The molecular formula is C18H18N4O3S. The Morgan fingerprint density at radius 1 is 0.923 bits per heavy atom. The lowest BCUT2D eigenvalue weighted by Gasteiger charge is -2.09. The summed E-state index contributed by atoms with van der Waals surface area (Å²) in [6, 6.07) is 14.1. The summed E-state index contributed by atoms with van der Waals surface area (Å²) >= 11 is 0. The van der Waals surface area contributed by atoms with Gasteiger partial charge >= 0.3 is 0 Å². The number of hydrogen-bond donors (Lipinski definition) is 3. The number of sulfonamides is 1. The summed E-state index contributed by atoms with van der Waals surface area (Å²) in [6.07, 6.45) is 1.19. The van der Waals surface area contributed by atoms with Crippen LogP contribution < -0.4 is 10.0 Å². The van der Waals surface area contributed by atoms with E-state index in [9.17, 15) is 13.2 Å². The lowest BCUT2D eigenvalue weighted by molar-refractivity contribution is 0.102. The molecule has 134 valence electrons. The van der Waals surface area contributed by atoms with Gasteiger partial charge in [0.25, 0.3) is 15.9 Å². The second-order valence-electron chi connectivity index (χ2n) is 5.90. The number of hydrogen-bond acceptors (Lipinski definition) is 4. The van der Waals surface area contributed by atoms with Gasteiger partial charge in [-0.25, -0.2) is 0 Å². The predicted molar refractivity (Wildman–Crippen MR) is 99.7 cm³/mol. The van der Waals surface area contributed by atoms with Gasteiger partial charge in [-0.05, 0) is 38.1 Å². The van der Waals surface area contributed by atoms with E-state index in [-0.39, 0.29) is 10.6 Å². The number of anilines is 2. The van der Waals surface area contributed by atoms with E-state index >= 15 is 0 Å². The van der Waals surface area contributed by atoms with Crippen molar-refractivity contribution >= 4 is 27.3 Å². The molecule has 0 aliphatic heterocycles. The Labute approximate surface area is 151 Å². The van der Waals surface area contributed by atoms with Crippen LogP contribution in [0.3, 0.4) is 0 Å². The lowest BCUT2D eigenvalue weighted by Crippen LogP contribution is -2.19. The first-order valence-corrected chi connectivity index (χ1v) is 9.34. The van der Waals surface area contributed by atoms with Gasteiger partial charge in [0.05, 0.1) is 11.8 Å². The number of aromatic amines is 1. The van der Waals surface area contributed by atoms with Gasteiger partial charge in [0, 0.05) is 11.4 Å². The van der Waals surface area contributed by atoms with Gasteiger partial charge in [0.2, 0.25) is 0 Å². The number of amides is 1. The number of nitrogens with zero attached hydrogens (tertiary/aromatic N) is 1. The molecule has 0 saturated heterocycles. The summed E-state index contributed by atoms with van der Waals surface area (Å²) in [7, 11) is -3.99. The van der Waals surface area contributed by atoms with Crippen LogP contribution >= 0.6 is 0 Å². The topological polar surface area (TPSA) is 104 Å². The minimum atomic E-state index is -3.99. The van der Waals surface area contributed by atoms with Crippen molar-refractivity contribution in [2.24, 2.45) is 0 Å². The highest BCUT2D eigenvalue weighted by Crippen LogP contribution is 2.19. The Hall–Kier alpha value is -3.13. The van der Waals surface area contributed by atoms with Crippen LogP contribution in [0.2, 0.25) is 0 Å². The molecule has 0 atom stereocenters. The maximum atomic E-state index is 12.6. The Bertz CT molecular complexity index is 1020. The van der Waals surface area contributed by atoms with Gasteiger partial charge in [0.1, 0.15) is 0 Å². The van der Waals surface area contributed by atoms with E-state index in [0.717, 1.165) is 11.1 Å². The second-order valence-corrected chi connectivity index (χ2v) is 7.52. The summed E-state index contributed by atoms with van der Waals surface area (Å²) in [5.74, 6) is -0.563. The molecule has 0 aliphatic carbocycles. The maximum absolute atomic E-state index is 12.6. The van der Waals surface area contributed by atoms with Crippen LogP contribution in [-0.2, 0) is 10.0 Å². The Kier molecular flexibility index (Phi) is 4.77. The zero-order valence-corrected chi connectivity index (χ0v) is 15.1. The number of rotatable bonds is 5. The highest BCUT2D eigenvalue weighted by atomic mass is 32.2. The first-order valence-electron chi connectivity index (χ1n) is 7.86. The largest absolute Gasteiger partial charge is 0.322 e. The van der Waals surface area contributed by atoms with Crippen LogP contribution in [-0.4, -0.2) is 24.5 Å². The third-order valence-corrected chi connectivity index (χ3v) is 5.08. The number of carbonyl (C=O) groups is 1. The Morgan fingerprint density at radius 2 is 1.46 bits per heavy atom. The minimum Gasteiger partial charge on any atom is -0.322 e. The van der Waals surface area contributed by atoms with Crippen molar-refractivity contribution in [3.8, 4) is 0 Å². The van der Waals surface area contributed by atoms with E-state index < -0.39 is 15.9 Å². The van der Waals surface area contributed by atoms with Gasteiger partial charge < -0.3 is 5.32 Å².